The van der Waals surface area contributed by atoms with Gasteiger partial charge in [0, 0.05) is 5.41 Å². The first-order chi connectivity index (χ1) is 12.2. The average Bonchev–Trinajstić information content (AvgIpc) is 2.52. The van der Waals surface area contributed by atoms with Crippen LogP contribution in [0.25, 0.3) is 0 Å². The molecule has 26 heavy (non-hydrogen) atoms. The normalized spacial score (nSPS) is 13.9. The molecule has 0 rings (SSSR count). The molecule has 2 N–H and O–H groups in total. The molecule has 0 saturated heterocycles. The van der Waals surface area contributed by atoms with Gasteiger partial charge in [-0.3, -0.25) is 0 Å². The molecular formula is C21H45NO3S. The fourth-order valence-electron chi connectivity index (χ4n) is 3.51. The van der Waals surface area contributed by atoms with Gasteiger partial charge < -0.3 is 9.87 Å². The molecule has 0 heterocycles. The van der Waals surface area contributed by atoms with Gasteiger partial charge in [0.25, 0.3) is 0 Å². The lowest BCUT2D eigenvalue weighted by Gasteiger charge is -2.30. The monoisotopic (exact) mass is 391 g/mol. The van der Waals surface area contributed by atoms with E-state index in [4.69, 9.17) is 0 Å². The molecule has 0 aliphatic rings. The summed E-state index contributed by atoms with van der Waals surface area (Å²) in [6.07, 6.45) is 18.4. The largest absolute Gasteiger partial charge is 0.743 e. The predicted molar refractivity (Wildman–Crippen MR) is 110 cm³/mol. The molecule has 0 aliphatic carbocycles. The molecule has 0 radical (unpaired) electrons. The number of hydrogen-bond acceptors (Lipinski definition) is 3. The highest BCUT2D eigenvalue weighted by atomic mass is 32.2. The molecule has 158 valence electrons. The van der Waals surface area contributed by atoms with Crippen LogP contribution in [0.4, 0.5) is 0 Å². The third-order valence-corrected chi connectivity index (χ3v) is 6.62. The van der Waals surface area contributed by atoms with E-state index in [-0.39, 0.29) is 0 Å². The van der Waals surface area contributed by atoms with E-state index in [1.54, 1.807) is 5.32 Å². The number of quaternary nitrogens is 1. The Balaban J connectivity index is 3.46. The van der Waals surface area contributed by atoms with Gasteiger partial charge in [-0.05, 0) is 12.8 Å². The summed E-state index contributed by atoms with van der Waals surface area (Å²) in [6.45, 7) is 8.43. The van der Waals surface area contributed by atoms with Crippen molar-refractivity contribution in [1.29, 1.82) is 0 Å². The SMILES string of the molecule is CCCCCCCCCCCCCCCC[NH2+]C(C(C)(C)C)S(=O)(=O)[O-]. The van der Waals surface area contributed by atoms with Crippen molar-refractivity contribution in [3.63, 3.8) is 0 Å². The van der Waals surface area contributed by atoms with Crippen LogP contribution in [0.15, 0.2) is 0 Å². The zero-order chi connectivity index (χ0) is 19.9. The van der Waals surface area contributed by atoms with Crippen LogP contribution in [0.1, 0.15) is 118 Å². The lowest BCUT2D eigenvalue weighted by Crippen LogP contribution is -2.94. The Labute approximate surface area is 163 Å². The van der Waals surface area contributed by atoms with Gasteiger partial charge in [-0.1, -0.05) is 105 Å². The Morgan fingerprint density at radius 3 is 1.38 bits per heavy atom. The van der Waals surface area contributed by atoms with Gasteiger partial charge in [-0.25, -0.2) is 8.42 Å². The number of hydrogen-bond donors (Lipinski definition) is 1. The van der Waals surface area contributed by atoms with E-state index in [0.717, 1.165) is 19.4 Å². The maximum Gasteiger partial charge on any atom is 0.180 e. The van der Waals surface area contributed by atoms with Gasteiger partial charge in [0.05, 0.1) is 6.54 Å². The topological polar surface area (TPSA) is 73.8 Å². The maximum atomic E-state index is 11.4. The molecule has 0 amide bonds. The number of rotatable bonds is 17. The fourth-order valence-corrected chi connectivity index (χ4v) is 4.75. The highest BCUT2D eigenvalue weighted by Gasteiger charge is 2.33. The van der Waals surface area contributed by atoms with Crippen molar-refractivity contribution in [3.05, 3.63) is 0 Å². The Kier molecular flexibility index (Phi) is 14.8. The van der Waals surface area contributed by atoms with Crippen molar-refractivity contribution in [2.75, 3.05) is 6.54 Å². The highest BCUT2D eigenvalue weighted by Crippen LogP contribution is 2.20. The van der Waals surface area contributed by atoms with Crippen molar-refractivity contribution < 1.29 is 18.3 Å². The number of nitrogens with two attached hydrogens (primary N) is 1. The Bertz CT molecular complexity index is 415. The second-order valence-electron chi connectivity index (χ2n) is 8.90. The van der Waals surface area contributed by atoms with E-state index in [2.05, 4.69) is 6.92 Å². The first-order valence-electron chi connectivity index (χ1n) is 11.0. The van der Waals surface area contributed by atoms with Crippen LogP contribution in [0.5, 0.6) is 0 Å². The molecule has 0 aromatic heterocycles. The second-order valence-corrected chi connectivity index (χ2v) is 10.4. The van der Waals surface area contributed by atoms with Crippen molar-refractivity contribution in [1.82, 2.24) is 0 Å². The van der Waals surface area contributed by atoms with Crippen LogP contribution in [0.2, 0.25) is 0 Å². The zero-order valence-electron chi connectivity index (χ0n) is 17.9. The summed E-state index contributed by atoms with van der Waals surface area (Å²) in [5, 5.41) is 0.847. The van der Waals surface area contributed by atoms with E-state index in [9.17, 15) is 13.0 Å². The van der Waals surface area contributed by atoms with Crippen LogP contribution in [0, 0.1) is 5.41 Å². The first-order valence-corrected chi connectivity index (χ1v) is 12.4. The maximum absolute atomic E-state index is 11.4. The van der Waals surface area contributed by atoms with Crippen LogP contribution in [-0.4, -0.2) is 24.9 Å². The van der Waals surface area contributed by atoms with Crippen LogP contribution in [-0.2, 0) is 10.1 Å². The fraction of sp³-hybridized carbons (Fsp3) is 1.00. The van der Waals surface area contributed by atoms with Gasteiger partial charge in [0.15, 0.2) is 5.37 Å². The van der Waals surface area contributed by atoms with Crippen molar-refractivity contribution in [2.45, 2.75) is 123 Å². The van der Waals surface area contributed by atoms with Crippen molar-refractivity contribution in [3.8, 4) is 0 Å². The quantitative estimate of drug-likeness (QED) is 0.282. The smallest absolute Gasteiger partial charge is 0.180 e. The minimum absolute atomic E-state index is 0.517. The van der Waals surface area contributed by atoms with E-state index >= 15 is 0 Å². The molecule has 1 unspecified atom stereocenters. The van der Waals surface area contributed by atoms with Crippen molar-refractivity contribution >= 4 is 10.1 Å². The third kappa shape index (κ3) is 15.0. The van der Waals surface area contributed by atoms with E-state index in [0.29, 0.717) is 0 Å². The van der Waals surface area contributed by atoms with Gasteiger partial charge in [0.1, 0.15) is 10.1 Å². The minimum Gasteiger partial charge on any atom is -0.743 e. The molecule has 0 bridgehead atoms. The molecule has 0 saturated carbocycles. The summed E-state index contributed by atoms with van der Waals surface area (Å²) in [5.41, 5.74) is -0.517. The van der Waals surface area contributed by atoms with Crippen LogP contribution in [0.3, 0.4) is 0 Å². The van der Waals surface area contributed by atoms with E-state index in [1.807, 2.05) is 20.8 Å². The lowest BCUT2D eigenvalue weighted by atomic mass is 9.96. The van der Waals surface area contributed by atoms with Gasteiger partial charge >= 0.3 is 0 Å². The zero-order valence-corrected chi connectivity index (χ0v) is 18.7. The molecule has 0 aliphatic heterocycles. The number of unbranched alkanes of at least 4 members (excludes halogenated alkanes) is 13. The molecule has 5 heteroatoms. The first kappa shape index (κ1) is 25.9. The van der Waals surface area contributed by atoms with Crippen LogP contribution >= 0.6 is 0 Å². The third-order valence-electron chi connectivity index (χ3n) is 5.10. The second kappa shape index (κ2) is 14.9. The summed E-state index contributed by atoms with van der Waals surface area (Å²) in [5.74, 6) is 0. The summed E-state index contributed by atoms with van der Waals surface area (Å²) >= 11 is 0. The summed E-state index contributed by atoms with van der Waals surface area (Å²) < 4.78 is 34.1. The molecule has 4 nitrogen and oxygen atoms in total. The standard InChI is InChI=1S/C21H45NO3S/c1-5-6-7-8-9-10-11-12-13-14-15-16-17-18-19-22-20(21(2,3)4)26(23,24)25/h20,22H,5-19H2,1-4H3,(H,23,24,25). The average molecular weight is 392 g/mol. The minimum atomic E-state index is -4.25. The Morgan fingerprint density at radius 2 is 1.08 bits per heavy atom. The predicted octanol–water partition coefficient (Wildman–Crippen LogP) is 4.95. The molecule has 0 spiro atoms. The summed E-state index contributed by atoms with van der Waals surface area (Å²) in [7, 11) is -4.25. The summed E-state index contributed by atoms with van der Waals surface area (Å²) in [4.78, 5) is 0. The lowest BCUT2D eigenvalue weighted by molar-refractivity contribution is -0.681. The molecular weight excluding hydrogens is 346 g/mol. The molecule has 1 atom stereocenters. The van der Waals surface area contributed by atoms with Gasteiger partial charge in [-0.2, -0.15) is 0 Å². The Morgan fingerprint density at radius 1 is 0.731 bits per heavy atom. The highest BCUT2D eigenvalue weighted by molar-refractivity contribution is 7.86. The van der Waals surface area contributed by atoms with Gasteiger partial charge in [0.2, 0.25) is 0 Å². The van der Waals surface area contributed by atoms with E-state index in [1.165, 1.54) is 77.0 Å². The van der Waals surface area contributed by atoms with Crippen molar-refractivity contribution in [2.24, 2.45) is 5.41 Å². The van der Waals surface area contributed by atoms with Gasteiger partial charge in [-0.15, -0.1) is 0 Å². The molecule has 0 fully saturated rings. The van der Waals surface area contributed by atoms with E-state index < -0.39 is 20.9 Å². The Hall–Kier alpha value is -0.130. The van der Waals surface area contributed by atoms with Crippen LogP contribution < -0.4 is 5.32 Å². The summed E-state index contributed by atoms with van der Waals surface area (Å²) in [6, 6.07) is 0. The molecule has 0 aromatic rings. The molecule has 0 aromatic carbocycles.